The van der Waals surface area contributed by atoms with Crippen LogP contribution >= 0.6 is 0 Å². The molecule has 30 heavy (non-hydrogen) atoms. The Morgan fingerprint density at radius 1 is 0.867 bits per heavy atom. The van der Waals surface area contributed by atoms with Crippen LogP contribution in [0.3, 0.4) is 0 Å². The van der Waals surface area contributed by atoms with E-state index in [4.69, 9.17) is 4.74 Å². The van der Waals surface area contributed by atoms with Crippen LogP contribution in [0.5, 0.6) is 5.75 Å². The number of nitrogens with zero attached hydrogens (tertiary/aromatic N) is 2. The van der Waals surface area contributed by atoms with Crippen molar-refractivity contribution in [3.05, 3.63) is 59.2 Å². The molecule has 1 saturated heterocycles. The molecular weight excluding hydrogens is 389 g/mol. The molecule has 0 bridgehead atoms. The molecule has 1 aliphatic carbocycles. The van der Waals surface area contributed by atoms with Crippen molar-refractivity contribution in [2.75, 3.05) is 44.2 Å². The van der Waals surface area contributed by atoms with Crippen LogP contribution in [-0.4, -0.2) is 44.2 Å². The fourth-order valence-electron chi connectivity index (χ4n) is 4.37. The second-order valence-electron chi connectivity index (χ2n) is 8.22. The molecule has 2 aromatic carbocycles. The Balaban J connectivity index is 1.15. The number of unbranched alkanes of at least 4 members (excludes halogenated alkanes) is 1. The van der Waals surface area contributed by atoms with Crippen molar-refractivity contribution >= 4 is 5.69 Å². The fraction of sp³-hybridized carbons (Fsp3) is 0.500. The van der Waals surface area contributed by atoms with Crippen LogP contribution in [0.2, 0.25) is 0 Å². The summed E-state index contributed by atoms with van der Waals surface area (Å²) >= 11 is 0. The highest BCUT2D eigenvalue weighted by molar-refractivity contribution is 5.49. The number of hydrogen-bond donors (Lipinski definition) is 0. The molecule has 6 heteroatoms. The SMILES string of the molecule is FC(F)(F)c1cccc(N2CCN(CCCCOc3ccc4c(c3)CCC4)CC2)c1. The third-order valence-electron chi connectivity index (χ3n) is 6.12. The smallest absolute Gasteiger partial charge is 0.416 e. The minimum Gasteiger partial charge on any atom is -0.494 e. The van der Waals surface area contributed by atoms with E-state index in [9.17, 15) is 13.2 Å². The van der Waals surface area contributed by atoms with Gasteiger partial charge in [-0.05, 0) is 80.1 Å². The third kappa shape index (κ3) is 5.28. The summed E-state index contributed by atoms with van der Waals surface area (Å²) in [4.78, 5) is 4.43. The lowest BCUT2D eigenvalue weighted by Gasteiger charge is -2.36. The van der Waals surface area contributed by atoms with Crippen LogP contribution in [0.4, 0.5) is 18.9 Å². The number of fused-ring (bicyclic) bond motifs is 1. The van der Waals surface area contributed by atoms with Gasteiger partial charge in [-0.25, -0.2) is 0 Å². The molecule has 1 heterocycles. The van der Waals surface area contributed by atoms with Crippen molar-refractivity contribution in [1.29, 1.82) is 0 Å². The normalized spacial score (nSPS) is 17.2. The Labute approximate surface area is 176 Å². The summed E-state index contributed by atoms with van der Waals surface area (Å²) in [7, 11) is 0. The van der Waals surface area contributed by atoms with Crippen molar-refractivity contribution in [1.82, 2.24) is 4.90 Å². The van der Waals surface area contributed by atoms with E-state index in [2.05, 4.69) is 23.1 Å². The first-order chi connectivity index (χ1) is 14.5. The molecule has 0 atom stereocenters. The van der Waals surface area contributed by atoms with E-state index < -0.39 is 11.7 Å². The van der Waals surface area contributed by atoms with E-state index >= 15 is 0 Å². The van der Waals surface area contributed by atoms with Gasteiger partial charge in [-0.3, -0.25) is 4.90 Å². The van der Waals surface area contributed by atoms with Crippen molar-refractivity contribution in [3.63, 3.8) is 0 Å². The molecule has 0 unspecified atom stereocenters. The predicted molar refractivity (Wildman–Crippen MR) is 113 cm³/mol. The van der Waals surface area contributed by atoms with Crippen molar-refractivity contribution < 1.29 is 17.9 Å². The Morgan fingerprint density at radius 3 is 2.47 bits per heavy atom. The minimum atomic E-state index is -4.29. The van der Waals surface area contributed by atoms with Gasteiger partial charge in [0.05, 0.1) is 12.2 Å². The average Bonchev–Trinajstić information content (AvgIpc) is 3.21. The molecule has 0 saturated carbocycles. The fourth-order valence-corrected chi connectivity index (χ4v) is 4.37. The molecule has 162 valence electrons. The first-order valence-corrected chi connectivity index (χ1v) is 10.9. The first-order valence-electron chi connectivity index (χ1n) is 10.9. The number of alkyl halides is 3. The summed E-state index contributed by atoms with van der Waals surface area (Å²) in [6.07, 6.45) is 1.38. The van der Waals surface area contributed by atoms with Gasteiger partial charge in [0, 0.05) is 31.9 Å². The molecule has 3 nitrogen and oxygen atoms in total. The zero-order valence-electron chi connectivity index (χ0n) is 17.3. The van der Waals surface area contributed by atoms with Crippen LogP contribution in [0, 0.1) is 0 Å². The largest absolute Gasteiger partial charge is 0.494 e. The monoisotopic (exact) mass is 418 g/mol. The number of piperazine rings is 1. The zero-order valence-corrected chi connectivity index (χ0v) is 17.3. The molecule has 0 aromatic heterocycles. The lowest BCUT2D eigenvalue weighted by molar-refractivity contribution is -0.137. The number of benzene rings is 2. The van der Waals surface area contributed by atoms with E-state index in [0.29, 0.717) is 5.69 Å². The van der Waals surface area contributed by atoms with Gasteiger partial charge >= 0.3 is 6.18 Å². The van der Waals surface area contributed by atoms with E-state index in [1.54, 1.807) is 6.07 Å². The number of anilines is 1. The van der Waals surface area contributed by atoms with Crippen LogP contribution in [0.15, 0.2) is 42.5 Å². The van der Waals surface area contributed by atoms with Gasteiger partial charge in [-0.1, -0.05) is 12.1 Å². The van der Waals surface area contributed by atoms with Crippen molar-refractivity contribution in [2.45, 2.75) is 38.3 Å². The Hall–Kier alpha value is -2.21. The topological polar surface area (TPSA) is 15.7 Å². The highest BCUT2D eigenvalue weighted by Crippen LogP contribution is 2.32. The van der Waals surface area contributed by atoms with E-state index in [1.807, 2.05) is 4.90 Å². The zero-order chi connectivity index (χ0) is 21.0. The summed E-state index contributed by atoms with van der Waals surface area (Å²) in [5.41, 5.74) is 2.98. The van der Waals surface area contributed by atoms with Crippen LogP contribution < -0.4 is 9.64 Å². The lowest BCUT2D eigenvalue weighted by atomic mass is 10.1. The van der Waals surface area contributed by atoms with E-state index in [0.717, 1.165) is 64.0 Å². The van der Waals surface area contributed by atoms with Gasteiger partial charge in [-0.15, -0.1) is 0 Å². The Kier molecular flexibility index (Phi) is 6.52. The highest BCUT2D eigenvalue weighted by atomic mass is 19.4. The number of rotatable bonds is 7. The van der Waals surface area contributed by atoms with Gasteiger partial charge in [0.15, 0.2) is 0 Å². The maximum absolute atomic E-state index is 12.9. The number of halogens is 3. The summed E-state index contributed by atoms with van der Waals surface area (Å²) in [5.74, 6) is 0.977. The number of aryl methyl sites for hydroxylation is 2. The molecule has 0 radical (unpaired) electrons. The second kappa shape index (κ2) is 9.29. The molecule has 2 aromatic rings. The summed E-state index contributed by atoms with van der Waals surface area (Å²) in [6.45, 7) is 5.00. The highest BCUT2D eigenvalue weighted by Gasteiger charge is 2.31. The molecule has 1 aliphatic heterocycles. The maximum atomic E-state index is 12.9. The molecule has 0 amide bonds. The molecule has 0 spiro atoms. The van der Waals surface area contributed by atoms with Gasteiger partial charge < -0.3 is 9.64 Å². The van der Waals surface area contributed by atoms with Crippen molar-refractivity contribution in [3.8, 4) is 5.75 Å². The second-order valence-corrected chi connectivity index (χ2v) is 8.22. The average molecular weight is 419 g/mol. The summed E-state index contributed by atoms with van der Waals surface area (Å²) in [6, 6.07) is 12.1. The van der Waals surface area contributed by atoms with Gasteiger partial charge in [-0.2, -0.15) is 13.2 Å². The van der Waals surface area contributed by atoms with Gasteiger partial charge in [0.1, 0.15) is 5.75 Å². The standard InChI is InChI=1S/C24H29F3N2O/c25-24(26,27)21-7-4-8-22(18-21)29-14-12-28(13-15-29)11-1-2-16-30-23-10-9-19-5-3-6-20(19)17-23/h4,7-10,17-18H,1-3,5-6,11-16H2. The molecule has 1 fully saturated rings. The summed E-state index contributed by atoms with van der Waals surface area (Å²) in [5, 5.41) is 0. The Bertz CT molecular complexity index is 845. The van der Waals surface area contributed by atoms with Crippen LogP contribution in [0.1, 0.15) is 36.0 Å². The van der Waals surface area contributed by atoms with E-state index in [1.165, 1.54) is 42.5 Å². The maximum Gasteiger partial charge on any atom is 0.416 e. The number of hydrogen-bond acceptors (Lipinski definition) is 3. The predicted octanol–water partition coefficient (Wildman–Crippen LogP) is 5.18. The van der Waals surface area contributed by atoms with Crippen molar-refractivity contribution in [2.24, 2.45) is 0 Å². The Morgan fingerprint density at radius 2 is 1.67 bits per heavy atom. The third-order valence-corrected chi connectivity index (χ3v) is 6.12. The lowest BCUT2D eigenvalue weighted by Crippen LogP contribution is -2.46. The molecule has 0 N–H and O–H groups in total. The quantitative estimate of drug-likeness (QED) is 0.577. The number of ether oxygens (including phenoxy) is 1. The first kappa shape index (κ1) is 21.0. The summed E-state index contributed by atoms with van der Waals surface area (Å²) < 4.78 is 44.7. The van der Waals surface area contributed by atoms with Crippen LogP contribution in [-0.2, 0) is 19.0 Å². The molecule has 4 rings (SSSR count). The van der Waals surface area contributed by atoms with Gasteiger partial charge in [0.25, 0.3) is 0 Å². The van der Waals surface area contributed by atoms with Crippen LogP contribution in [0.25, 0.3) is 0 Å². The molecular formula is C24H29F3N2O. The van der Waals surface area contributed by atoms with E-state index in [-0.39, 0.29) is 0 Å². The molecule has 2 aliphatic rings. The van der Waals surface area contributed by atoms with Gasteiger partial charge in [0.2, 0.25) is 0 Å². The minimum absolute atomic E-state index is 0.578.